The quantitative estimate of drug-likeness (QED) is 0.669. The average molecular weight is 420 g/mol. The summed E-state index contributed by atoms with van der Waals surface area (Å²) in [6.45, 7) is 0. The zero-order valence-corrected chi connectivity index (χ0v) is 14.7. The molecule has 0 unspecified atom stereocenters. The second-order valence-corrected chi connectivity index (χ2v) is 6.15. The number of carbonyl (C=O) groups is 2. The van der Waals surface area contributed by atoms with Crippen LogP contribution in [0, 0.1) is 0 Å². The van der Waals surface area contributed by atoms with E-state index in [1.54, 1.807) is 12.1 Å². The van der Waals surface area contributed by atoms with E-state index in [0.29, 0.717) is 15.8 Å². The fourth-order valence-electron chi connectivity index (χ4n) is 2.32. The van der Waals surface area contributed by atoms with Crippen LogP contribution in [-0.4, -0.2) is 24.1 Å². The molecule has 7 nitrogen and oxygen atoms in total. The molecule has 132 valence electrons. The van der Waals surface area contributed by atoms with Crippen molar-refractivity contribution < 1.29 is 25.2 Å². The molecule has 0 atom stereocenters. The van der Waals surface area contributed by atoms with E-state index in [9.17, 15) is 14.4 Å². The molecule has 0 saturated heterocycles. The third-order valence-corrected chi connectivity index (χ3v) is 3.99. The molecule has 0 aliphatic carbocycles. The first-order chi connectivity index (χ1) is 12.9. The lowest BCUT2D eigenvalue weighted by Gasteiger charge is -2.10. The van der Waals surface area contributed by atoms with E-state index in [-0.39, 0.29) is 23.7 Å². The van der Waals surface area contributed by atoms with Gasteiger partial charge in [0.05, 0.1) is 19.5 Å². The molecule has 2 aromatic carbocycles. The Morgan fingerprint density at radius 2 is 1.96 bits per heavy atom. The number of amides is 1. The van der Waals surface area contributed by atoms with Crippen molar-refractivity contribution in [3.63, 3.8) is 0 Å². The molecule has 8 heteroatoms. The number of rotatable bonds is 4. The number of carboxylic acids is 1. The third-order valence-electron chi connectivity index (χ3n) is 3.54. The molecule has 0 fully saturated rings. The lowest BCUT2D eigenvalue weighted by Crippen LogP contribution is -2.13. The Labute approximate surface area is 156 Å². The number of carboxylic acid groups (broad SMARTS) is 1. The van der Waals surface area contributed by atoms with Crippen molar-refractivity contribution in [3.05, 3.63) is 68.5 Å². The number of ether oxygens (including phenoxy) is 1. The minimum Gasteiger partial charge on any atom is -0.497 e. The van der Waals surface area contributed by atoms with E-state index in [1.165, 1.54) is 24.3 Å². The minimum absolute atomic E-state index is 0.0365. The second kappa shape index (κ2) is 7.01. The van der Waals surface area contributed by atoms with E-state index in [4.69, 9.17) is 15.6 Å². The maximum atomic E-state index is 12.5. The van der Waals surface area contributed by atoms with Gasteiger partial charge in [-0.05, 0) is 36.4 Å². The highest BCUT2D eigenvalue weighted by molar-refractivity contribution is 9.10. The SMILES string of the molecule is [3H]COc1ccc(C(=O)Nc2cc(Br)cc3c(=O)cc(C(=O)O)oc23)cc1. The van der Waals surface area contributed by atoms with Gasteiger partial charge in [-0.2, -0.15) is 0 Å². The van der Waals surface area contributed by atoms with E-state index in [2.05, 4.69) is 21.2 Å². The molecule has 1 heterocycles. The van der Waals surface area contributed by atoms with Gasteiger partial charge in [-0.25, -0.2) is 4.79 Å². The summed E-state index contributed by atoms with van der Waals surface area (Å²) >= 11 is 3.26. The summed E-state index contributed by atoms with van der Waals surface area (Å²) in [7, 11) is -0.236. The molecule has 0 spiro atoms. The van der Waals surface area contributed by atoms with E-state index in [0.717, 1.165) is 6.07 Å². The number of methoxy groups -OCH3 is 1. The Balaban J connectivity index is 2.01. The van der Waals surface area contributed by atoms with Gasteiger partial charge in [0.25, 0.3) is 5.91 Å². The van der Waals surface area contributed by atoms with Crippen LogP contribution in [-0.2, 0) is 0 Å². The number of fused-ring (bicyclic) bond motifs is 1. The molecule has 1 amide bonds. The maximum absolute atomic E-state index is 12.5. The Kier molecular flexibility index (Phi) is 4.40. The van der Waals surface area contributed by atoms with Crippen LogP contribution in [0.4, 0.5) is 5.69 Å². The molecule has 2 N–H and O–H groups in total. The predicted molar refractivity (Wildman–Crippen MR) is 98.1 cm³/mol. The van der Waals surface area contributed by atoms with Gasteiger partial charge in [-0.15, -0.1) is 0 Å². The third kappa shape index (κ3) is 3.45. The Morgan fingerprint density at radius 3 is 2.62 bits per heavy atom. The van der Waals surface area contributed by atoms with Crippen molar-refractivity contribution >= 4 is 44.5 Å². The Morgan fingerprint density at radius 1 is 1.23 bits per heavy atom. The number of aromatic carboxylic acids is 1. The van der Waals surface area contributed by atoms with Crippen molar-refractivity contribution in [3.8, 4) is 5.75 Å². The van der Waals surface area contributed by atoms with E-state index in [1.807, 2.05) is 0 Å². The van der Waals surface area contributed by atoms with Crippen LogP contribution in [0.1, 0.15) is 22.3 Å². The van der Waals surface area contributed by atoms with Gasteiger partial charge in [0.1, 0.15) is 5.75 Å². The van der Waals surface area contributed by atoms with Gasteiger partial charge < -0.3 is 19.6 Å². The Hall–Kier alpha value is -3.13. The summed E-state index contributed by atoms with van der Waals surface area (Å²) in [5.41, 5.74) is -0.124. The molecule has 26 heavy (non-hydrogen) atoms. The Bertz CT molecular complexity index is 1090. The molecule has 3 aromatic rings. The van der Waals surface area contributed by atoms with Crippen molar-refractivity contribution in [1.29, 1.82) is 0 Å². The lowest BCUT2D eigenvalue weighted by molar-refractivity contribution is 0.0663. The van der Waals surface area contributed by atoms with Gasteiger partial charge in [0.2, 0.25) is 5.76 Å². The lowest BCUT2D eigenvalue weighted by atomic mass is 10.1. The number of carbonyl (C=O) groups excluding carboxylic acids is 1. The first-order valence-electron chi connectivity index (χ1n) is 7.94. The normalized spacial score (nSPS) is 11.0. The van der Waals surface area contributed by atoms with Gasteiger partial charge in [-0.3, -0.25) is 9.59 Å². The summed E-state index contributed by atoms with van der Waals surface area (Å²) in [5.74, 6) is -1.96. The van der Waals surface area contributed by atoms with Crippen LogP contribution < -0.4 is 15.5 Å². The standard InChI is InChI=1S/C18H12BrNO6/c1-25-11-4-2-9(3-5-11)17(22)20-13-7-10(19)6-12-14(21)8-15(18(23)24)26-16(12)13/h2-8H,1H3,(H,20,22)(H,23,24)/i1T. The van der Waals surface area contributed by atoms with Gasteiger partial charge in [-0.1, -0.05) is 15.9 Å². The fraction of sp³-hybridized carbons (Fsp3) is 0.0556. The van der Waals surface area contributed by atoms with Crippen LogP contribution in [0.3, 0.4) is 0 Å². The van der Waals surface area contributed by atoms with Crippen LogP contribution >= 0.6 is 15.9 Å². The number of benzene rings is 2. The zero-order chi connectivity index (χ0) is 19.6. The van der Waals surface area contributed by atoms with Gasteiger partial charge in [0, 0.05) is 16.1 Å². The van der Waals surface area contributed by atoms with Crippen LogP contribution in [0.2, 0.25) is 0 Å². The highest BCUT2D eigenvalue weighted by Crippen LogP contribution is 2.28. The molecule has 0 radical (unpaired) electrons. The number of anilines is 1. The largest absolute Gasteiger partial charge is 0.497 e. The number of hydrogen-bond acceptors (Lipinski definition) is 5. The number of nitrogens with one attached hydrogen (secondary N) is 1. The highest BCUT2D eigenvalue weighted by Gasteiger charge is 2.16. The first kappa shape index (κ1) is 16.3. The fourth-order valence-corrected chi connectivity index (χ4v) is 2.78. The van der Waals surface area contributed by atoms with Crippen molar-refractivity contribution in [2.24, 2.45) is 0 Å². The van der Waals surface area contributed by atoms with Crippen LogP contribution in [0.5, 0.6) is 5.75 Å². The summed E-state index contributed by atoms with van der Waals surface area (Å²) in [5, 5.41) is 11.8. The molecule has 0 aliphatic heterocycles. The first-order valence-corrected chi connectivity index (χ1v) is 8.02. The summed E-state index contributed by atoms with van der Waals surface area (Å²) in [6.07, 6.45) is 0. The van der Waals surface area contributed by atoms with Gasteiger partial charge >= 0.3 is 5.97 Å². The number of halogens is 1. The number of hydrogen-bond donors (Lipinski definition) is 2. The van der Waals surface area contributed by atoms with Gasteiger partial charge in [0.15, 0.2) is 11.0 Å². The maximum Gasteiger partial charge on any atom is 0.371 e. The molecular weight excluding hydrogens is 406 g/mol. The monoisotopic (exact) mass is 419 g/mol. The van der Waals surface area contributed by atoms with Crippen molar-refractivity contribution in [2.45, 2.75) is 0 Å². The van der Waals surface area contributed by atoms with E-state index < -0.39 is 23.1 Å². The predicted octanol–water partition coefficient (Wildman–Crippen LogP) is 3.51. The summed E-state index contributed by atoms with van der Waals surface area (Å²) in [6, 6.07) is 9.99. The second-order valence-electron chi connectivity index (χ2n) is 5.23. The molecule has 0 saturated carbocycles. The molecular formula is C18H12BrNO6. The summed E-state index contributed by atoms with van der Waals surface area (Å²) < 4.78 is 17.8. The zero-order valence-electron chi connectivity index (χ0n) is 14.1. The molecule has 3 rings (SSSR count). The molecule has 1 aromatic heterocycles. The average Bonchev–Trinajstić information content (AvgIpc) is 2.63. The van der Waals surface area contributed by atoms with Crippen molar-refractivity contribution in [1.82, 2.24) is 0 Å². The summed E-state index contributed by atoms with van der Waals surface area (Å²) in [4.78, 5) is 35.8. The molecule has 0 bridgehead atoms. The molecule has 0 aliphatic rings. The minimum atomic E-state index is -1.39. The highest BCUT2D eigenvalue weighted by atomic mass is 79.9. The van der Waals surface area contributed by atoms with Crippen molar-refractivity contribution in [2.75, 3.05) is 12.4 Å². The van der Waals surface area contributed by atoms with Crippen LogP contribution in [0.25, 0.3) is 11.0 Å². The topological polar surface area (TPSA) is 106 Å². The van der Waals surface area contributed by atoms with Crippen LogP contribution in [0.15, 0.2) is 56.1 Å². The smallest absolute Gasteiger partial charge is 0.371 e. The van der Waals surface area contributed by atoms with E-state index >= 15 is 0 Å².